The molecule has 0 saturated heterocycles. The zero-order valence-corrected chi connectivity index (χ0v) is 11.6. The van der Waals surface area contributed by atoms with Crippen LogP contribution in [-0.4, -0.2) is 49.1 Å². The average molecular weight is 275 g/mol. The van der Waals surface area contributed by atoms with Gasteiger partial charge < -0.3 is 11.1 Å². The summed E-state index contributed by atoms with van der Waals surface area (Å²) < 4.78 is 26.8. The molecule has 3 N–H and O–H groups in total. The Morgan fingerprint density at radius 3 is 2.50 bits per heavy atom. The van der Waals surface area contributed by atoms with E-state index in [0.29, 0.717) is 5.69 Å². The van der Waals surface area contributed by atoms with Crippen molar-refractivity contribution >= 4 is 21.7 Å². The summed E-state index contributed by atoms with van der Waals surface area (Å²) in [7, 11) is 0.533. The molecule has 18 heavy (non-hydrogen) atoms. The highest BCUT2D eigenvalue weighted by Crippen LogP contribution is 2.23. The molecule has 0 radical (unpaired) electrons. The molecule has 0 bridgehead atoms. The molecule has 1 heterocycles. The van der Waals surface area contributed by atoms with E-state index in [4.69, 9.17) is 5.73 Å². The Morgan fingerprint density at radius 2 is 2.11 bits per heavy atom. The molecule has 9 heteroatoms. The van der Waals surface area contributed by atoms with Gasteiger partial charge in [-0.2, -0.15) is 9.40 Å². The number of nitrogens with one attached hydrogen (secondary N) is 1. The second-order valence-electron chi connectivity index (χ2n) is 3.86. The average Bonchev–Trinajstić information content (AvgIpc) is 2.52. The molecule has 1 aromatic rings. The quantitative estimate of drug-likeness (QED) is 0.708. The van der Waals surface area contributed by atoms with Crippen LogP contribution in [0.25, 0.3) is 0 Å². The molecule has 1 aromatic heterocycles. The molecule has 0 atom stereocenters. The molecule has 0 unspecified atom stereocenters. The minimum absolute atomic E-state index is 0.0589. The summed E-state index contributed by atoms with van der Waals surface area (Å²) >= 11 is 0. The molecule has 0 saturated carbocycles. The fourth-order valence-electron chi connectivity index (χ4n) is 1.46. The molecule has 8 nitrogen and oxygen atoms in total. The summed E-state index contributed by atoms with van der Waals surface area (Å²) in [5.74, 6) is -0.472. The first kappa shape index (κ1) is 14.5. The van der Waals surface area contributed by atoms with Crippen molar-refractivity contribution < 1.29 is 13.2 Å². The number of anilines is 1. The summed E-state index contributed by atoms with van der Waals surface area (Å²) in [4.78, 5) is 11.1. The highest BCUT2D eigenvalue weighted by atomic mass is 32.2. The van der Waals surface area contributed by atoms with Crippen LogP contribution in [0.15, 0.2) is 4.90 Å². The first-order valence-corrected chi connectivity index (χ1v) is 6.61. The Labute approximate surface area is 106 Å². The van der Waals surface area contributed by atoms with Gasteiger partial charge in [0.1, 0.15) is 4.90 Å². The number of nitrogens with two attached hydrogens (primary N) is 1. The third-order valence-electron chi connectivity index (χ3n) is 2.62. The Kier molecular flexibility index (Phi) is 3.97. The number of aryl methyl sites for hydroxylation is 1. The van der Waals surface area contributed by atoms with Crippen LogP contribution < -0.4 is 11.1 Å². The van der Waals surface area contributed by atoms with Crippen molar-refractivity contribution in [1.29, 1.82) is 0 Å². The van der Waals surface area contributed by atoms with E-state index < -0.39 is 15.9 Å². The van der Waals surface area contributed by atoms with Crippen LogP contribution in [0.3, 0.4) is 0 Å². The predicted molar refractivity (Wildman–Crippen MR) is 66.2 cm³/mol. The lowest BCUT2D eigenvalue weighted by Crippen LogP contribution is -2.37. The number of carbonyl (C=O) groups excluding carboxylic acids is 1. The summed E-state index contributed by atoms with van der Waals surface area (Å²) in [5.41, 5.74) is 6.02. The van der Waals surface area contributed by atoms with Crippen LogP contribution >= 0.6 is 0 Å². The Balaban J connectivity index is 3.17. The number of nitrogen functional groups attached to an aromatic ring is 1. The summed E-state index contributed by atoms with van der Waals surface area (Å²) in [6.07, 6.45) is 0. The van der Waals surface area contributed by atoms with E-state index in [2.05, 4.69) is 10.4 Å². The molecule has 1 amide bonds. The number of nitrogens with zero attached hydrogens (tertiary/aromatic N) is 3. The summed E-state index contributed by atoms with van der Waals surface area (Å²) in [6, 6.07) is 0. The highest BCUT2D eigenvalue weighted by molar-refractivity contribution is 7.89. The Bertz CT molecular complexity index is 563. The fourth-order valence-corrected chi connectivity index (χ4v) is 2.86. The minimum Gasteiger partial charge on any atom is -0.381 e. The molecule has 0 aliphatic rings. The lowest BCUT2D eigenvalue weighted by atomic mass is 10.5. The van der Waals surface area contributed by atoms with Gasteiger partial charge in [0.15, 0.2) is 5.82 Å². The Morgan fingerprint density at radius 1 is 1.56 bits per heavy atom. The zero-order valence-electron chi connectivity index (χ0n) is 10.8. The number of carbonyl (C=O) groups is 1. The van der Waals surface area contributed by atoms with Gasteiger partial charge in [0, 0.05) is 21.1 Å². The van der Waals surface area contributed by atoms with Crippen LogP contribution in [-0.2, 0) is 21.9 Å². The van der Waals surface area contributed by atoms with E-state index >= 15 is 0 Å². The molecular formula is C9H17N5O3S. The molecule has 0 aliphatic carbocycles. The van der Waals surface area contributed by atoms with E-state index in [1.807, 2.05) is 0 Å². The standard InChI is InChI=1S/C9H17N5O3S/c1-6-8(9(10)12-14(6)4)18(16,17)13(3)5-7(15)11-2/h5H2,1-4H3,(H2,10,12)(H,11,15). The second kappa shape index (κ2) is 4.94. The number of hydrogen-bond donors (Lipinski definition) is 2. The molecular weight excluding hydrogens is 258 g/mol. The van der Waals surface area contributed by atoms with Gasteiger partial charge in [-0.3, -0.25) is 9.48 Å². The van der Waals surface area contributed by atoms with Crippen LogP contribution in [0.4, 0.5) is 5.82 Å². The van der Waals surface area contributed by atoms with Gasteiger partial charge in [0.2, 0.25) is 15.9 Å². The van der Waals surface area contributed by atoms with Crippen LogP contribution in [0, 0.1) is 6.92 Å². The van der Waals surface area contributed by atoms with E-state index in [1.54, 1.807) is 14.0 Å². The first-order chi connectivity index (χ1) is 8.21. The SMILES string of the molecule is CNC(=O)CN(C)S(=O)(=O)c1c(N)nn(C)c1C. The van der Waals surface area contributed by atoms with Crippen LogP contribution in [0.2, 0.25) is 0 Å². The van der Waals surface area contributed by atoms with Crippen molar-refractivity contribution in [2.45, 2.75) is 11.8 Å². The smallest absolute Gasteiger partial charge is 0.248 e. The minimum atomic E-state index is -3.82. The third kappa shape index (κ3) is 2.46. The van der Waals surface area contributed by atoms with Gasteiger partial charge in [-0.05, 0) is 6.92 Å². The van der Waals surface area contributed by atoms with Gasteiger partial charge in [-0.25, -0.2) is 8.42 Å². The third-order valence-corrected chi connectivity index (χ3v) is 4.59. The van der Waals surface area contributed by atoms with Gasteiger partial charge in [-0.15, -0.1) is 0 Å². The number of likely N-dealkylation sites (N-methyl/N-ethyl adjacent to an activating group) is 2. The van der Waals surface area contributed by atoms with Gasteiger partial charge in [-0.1, -0.05) is 0 Å². The first-order valence-electron chi connectivity index (χ1n) is 5.17. The lowest BCUT2D eigenvalue weighted by Gasteiger charge is -2.16. The molecule has 0 fully saturated rings. The van der Waals surface area contributed by atoms with Gasteiger partial charge in [0.05, 0.1) is 12.2 Å². The van der Waals surface area contributed by atoms with Crippen LogP contribution in [0.1, 0.15) is 5.69 Å². The summed E-state index contributed by atoms with van der Waals surface area (Å²) in [5, 5.41) is 6.20. The number of hydrogen-bond acceptors (Lipinski definition) is 5. The predicted octanol–water partition coefficient (Wildman–Crippen LogP) is -1.32. The molecule has 0 aromatic carbocycles. The van der Waals surface area contributed by atoms with Crippen LogP contribution in [0.5, 0.6) is 0 Å². The summed E-state index contributed by atoms with van der Waals surface area (Å²) in [6.45, 7) is 1.33. The maximum absolute atomic E-state index is 12.3. The maximum atomic E-state index is 12.3. The molecule has 0 spiro atoms. The number of amides is 1. The Hall–Kier alpha value is -1.61. The van der Waals surface area contributed by atoms with E-state index in [9.17, 15) is 13.2 Å². The van der Waals surface area contributed by atoms with Crippen molar-refractivity contribution in [2.24, 2.45) is 7.05 Å². The molecule has 1 rings (SSSR count). The van der Waals surface area contributed by atoms with Gasteiger partial charge >= 0.3 is 0 Å². The van der Waals surface area contributed by atoms with Crippen molar-refractivity contribution in [3.63, 3.8) is 0 Å². The highest BCUT2D eigenvalue weighted by Gasteiger charge is 2.29. The normalized spacial score (nSPS) is 11.8. The number of aromatic nitrogens is 2. The fraction of sp³-hybridized carbons (Fsp3) is 0.556. The van der Waals surface area contributed by atoms with Crippen molar-refractivity contribution in [1.82, 2.24) is 19.4 Å². The van der Waals surface area contributed by atoms with Crippen molar-refractivity contribution in [3.05, 3.63) is 5.69 Å². The van der Waals surface area contributed by atoms with E-state index in [0.717, 1.165) is 4.31 Å². The largest absolute Gasteiger partial charge is 0.381 e. The number of sulfonamides is 1. The molecule has 0 aliphatic heterocycles. The van der Waals surface area contributed by atoms with E-state index in [-0.39, 0.29) is 17.3 Å². The number of rotatable bonds is 4. The topological polar surface area (TPSA) is 110 Å². The monoisotopic (exact) mass is 275 g/mol. The second-order valence-corrected chi connectivity index (χ2v) is 5.84. The van der Waals surface area contributed by atoms with Gasteiger partial charge in [0.25, 0.3) is 0 Å². The maximum Gasteiger partial charge on any atom is 0.248 e. The lowest BCUT2D eigenvalue weighted by molar-refractivity contribution is -0.120. The van der Waals surface area contributed by atoms with E-state index in [1.165, 1.54) is 18.8 Å². The van der Waals surface area contributed by atoms with Crippen molar-refractivity contribution in [2.75, 3.05) is 26.4 Å². The zero-order chi connectivity index (χ0) is 14.1. The molecule has 102 valence electrons. The van der Waals surface area contributed by atoms with Crippen molar-refractivity contribution in [3.8, 4) is 0 Å².